The van der Waals surface area contributed by atoms with Gasteiger partial charge in [0, 0.05) is 13.2 Å². The van der Waals surface area contributed by atoms with Crippen LogP contribution >= 0.6 is 0 Å². The molecule has 1 atom stereocenters. The van der Waals surface area contributed by atoms with Crippen LogP contribution in [-0.2, 0) is 11.3 Å². The van der Waals surface area contributed by atoms with Gasteiger partial charge in [-0.2, -0.15) is 0 Å². The Bertz CT molecular complexity index is 277. The van der Waals surface area contributed by atoms with Crippen LogP contribution in [0.5, 0.6) is 5.88 Å². The Hall–Kier alpha value is -1.20. The summed E-state index contributed by atoms with van der Waals surface area (Å²) in [7, 11) is 0. The molecule has 15 heavy (non-hydrogen) atoms. The zero-order valence-corrected chi connectivity index (χ0v) is 9.14. The van der Waals surface area contributed by atoms with Crippen molar-refractivity contribution in [2.24, 2.45) is 5.73 Å². The number of rotatable bonds is 6. The van der Waals surface area contributed by atoms with E-state index in [0.29, 0.717) is 25.6 Å². The molecule has 0 aliphatic carbocycles. The number of hydrogen-bond acceptors (Lipinski definition) is 5. The molecule has 0 radical (unpaired) electrons. The van der Waals surface area contributed by atoms with Crippen LogP contribution in [-0.4, -0.2) is 29.3 Å². The minimum absolute atomic E-state index is 0.0250. The monoisotopic (exact) mass is 211 g/mol. The van der Waals surface area contributed by atoms with Crippen LogP contribution in [0.25, 0.3) is 0 Å². The summed E-state index contributed by atoms with van der Waals surface area (Å²) >= 11 is 0. The van der Waals surface area contributed by atoms with E-state index in [1.807, 2.05) is 13.8 Å². The van der Waals surface area contributed by atoms with Crippen molar-refractivity contribution in [3.8, 4) is 5.88 Å². The fourth-order valence-corrected chi connectivity index (χ4v) is 1.03. The number of nitrogens with two attached hydrogens (primary N) is 1. The van der Waals surface area contributed by atoms with Crippen LogP contribution in [0, 0.1) is 0 Å². The standard InChI is InChI=1S/C10H17N3O2/c1-3-14-7-8(2)15-10-6-12-9(4-11)5-13-10/h5-6,8H,3-4,7,11H2,1-2H3. The molecular weight excluding hydrogens is 194 g/mol. The molecule has 0 aliphatic rings. The first kappa shape index (κ1) is 11.9. The van der Waals surface area contributed by atoms with E-state index in [1.165, 1.54) is 0 Å². The Morgan fingerprint density at radius 3 is 2.73 bits per heavy atom. The number of hydrogen-bond donors (Lipinski definition) is 1. The number of nitrogens with zero attached hydrogens (tertiary/aromatic N) is 2. The van der Waals surface area contributed by atoms with Crippen molar-refractivity contribution in [2.45, 2.75) is 26.5 Å². The lowest BCUT2D eigenvalue weighted by molar-refractivity contribution is 0.0631. The molecule has 0 aliphatic heterocycles. The summed E-state index contributed by atoms with van der Waals surface area (Å²) in [5, 5.41) is 0. The second kappa shape index (κ2) is 6.31. The molecule has 0 amide bonds. The van der Waals surface area contributed by atoms with Gasteiger partial charge in [-0.3, -0.25) is 4.98 Å². The summed E-state index contributed by atoms with van der Waals surface area (Å²) in [6.45, 7) is 5.50. The van der Waals surface area contributed by atoms with E-state index >= 15 is 0 Å². The summed E-state index contributed by atoms with van der Waals surface area (Å²) in [4.78, 5) is 8.15. The van der Waals surface area contributed by atoms with Crippen molar-refractivity contribution >= 4 is 0 Å². The minimum Gasteiger partial charge on any atom is -0.471 e. The van der Waals surface area contributed by atoms with Gasteiger partial charge in [0.05, 0.1) is 24.7 Å². The fraction of sp³-hybridized carbons (Fsp3) is 0.600. The Labute approximate surface area is 89.6 Å². The molecule has 0 saturated heterocycles. The van der Waals surface area contributed by atoms with Crippen LogP contribution in [0.2, 0.25) is 0 Å². The third-order valence-electron chi connectivity index (χ3n) is 1.77. The maximum Gasteiger partial charge on any atom is 0.232 e. The molecule has 84 valence electrons. The van der Waals surface area contributed by atoms with Gasteiger partial charge in [0.1, 0.15) is 6.10 Å². The Morgan fingerprint density at radius 2 is 2.20 bits per heavy atom. The minimum atomic E-state index is -0.0250. The normalized spacial score (nSPS) is 12.5. The van der Waals surface area contributed by atoms with Gasteiger partial charge in [-0.25, -0.2) is 4.98 Å². The lowest BCUT2D eigenvalue weighted by atomic mass is 10.4. The van der Waals surface area contributed by atoms with Gasteiger partial charge < -0.3 is 15.2 Å². The molecule has 1 rings (SSSR count). The molecular formula is C10H17N3O2. The molecule has 0 aromatic carbocycles. The summed E-state index contributed by atoms with van der Waals surface area (Å²) in [5.74, 6) is 0.499. The third kappa shape index (κ3) is 4.22. The molecule has 1 aromatic rings. The van der Waals surface area contributed by atoms with Crippen molar-refractivity contribution < 1.29 is 9.47 Å². The highest BCUT2D eigenvalue weighted by Gasteiger charge is 2.04. The summed E-state index contributed by atoms with van der Waals surface area (Å²) in [6.07, 6.45) is 3.16. The first-order chi connectivity index (χ1) is 7.26. The quantitative estimate of drug-likeness (QED) is 0.751. The summed E-state index contributed by atoms with van der Waals surface area (Å²) in [6, 6.07) is 0. The topological polar surface area (TPSA) is 70.3 Å². The van der Waals surface area contributed by atoms with Gasteiger partial charge in [-0.1, -0.05) is 0 Å². The van der Waals surface area contributed by atoms with E-state index < -0.39 is 0 Å². The van der Waals surface area contributed by atoms with E-state index in [1.54, 1.807) is 12.4 Å². The zero-order chi connectivity index (χ0) is 11.1. The average Bonchev–Trinajstić information content (AvgIpc) is 2.27. The van der Waals surface area contributed by atoms with Crippen molar-refractivity contribution in [3.63, 3.8) is 0 Å². The molecule has 2 N–H and O–H groups in total. The van der Waals surface area contributed by atoms with E-state index in [2.05, 4.69) is 9.97 Å². The molecule has 5 heteroatoms. The highest BCUT2D eigenvalue weighted by atomic mass is 16.5. The van der Waals surface area contributed by atoms with Crippen LogP contribution in [0.4, 0.5) is 0 Å². The Balaban J connectivity index is 2.42. The van der Waals surface area contributed by atoms with Crippen molar-refractivity contribution in [2.75, 3.05) is 13.2 Å². The lowest BCUT2D eigenvalue weighted by Crippen LogP contribution is -2.19. The largest absolute Gasteiger partial charge is 0.471 e. The lowest BCUT2D eigenvalue weighted by Gasteiger charge is -2.13. The smallest absolute Gasteiger partial charge is 0.232 e. The first-order valence-electron chi connectivity index (χ1n) is 5.01. The Morgan fingerprint density at radius 1 is 1.40 bits per heavy atom. The maximum absolute atomic E-state index is 5.48. The van der Waals surface area contributed by atoms with Gasteiger partial charge in [0.2, 0.25) is 5.88 Å². The van der Waals surface area contributed by atoms with Crippen LogP contribution < -0.4 is 10.5 Å². The fourth-order valence-electron chi connectivity index (χ4n) is 1.03. The van der Waals surface area contributed by atoms with E-state index in [-0.39, 0.29) is 6.10 Å². The van der Waals surface area contributed by atoms with Crippen LogP contribution in [0.1, 0.15) is 19.5 Å². The predicted molar refractivity (Wildman–Crippen MR) is 56.5 cm³/mol. The van der Waals surface area contributed by atoms with Crippen LogP contribution in [0.3, 0.4) is 0 Å². The van der Waals surface area contributed by atoms with Gasteiger partial charge in [-0.05, 0) is 13.8 Å². The predicted octanol–water partition coefficient (Wildman–Crippen LogP) is 0.739. The van der Waals surface area contributed by atoms with Gasteiger partial charge in [-0.15, -0.1) is 0 Å². The van der Waals surface area contributed by atoms with Gasteiger partial charge in [0.15, 0.2) is 0 Å². The molecule has 0 spiro atoms. The van der Waals surface area contributed by atoms with Crippen molar-refractivity contribution in [1.29, 1.82) is 0 Å². The molecule has 1 aromatic heterocycles. The van der Waals surface area contributed by atoms with Crippen molar-refractivity contribution in [3.05, 3.63) is 18.1 Å². The zero-order valence-electron chi connectivity index (χ0n) is 9.14. The molecule has 1 unspecified atom stereocenters. The average molecular weight is 211 g/mol. The van der Waals surface area contributed by atoms with Crippen molar-refractivity contribution in [1.82, 2.24) is 9.97 Å². The first-order valence-corrected chi connectivity index (χ1v) is 5.01. The second-order valence-electron chi connectivity index (χ2n) is 3.14. The summed E-state index contributed by atoms with van der Waals surface area (Å²) in [5.41, 5.74) is 6.15. The molecule has 5 nitrogen and oxygen atoms in total. The number of ether oxygens (including phenoxy) is 2. The number of aromatic nitrogens is 2. The van der Waals surface area contributed by atoms with Crippen LogP contribution in [0.15, 0.2) is 12.4 Å². The molecule has 0 fully saturated rings. The third-order valence-corrected chi connectivity index (χ3v) is 1.77. The van der Waals surface area contributed by atoms with E-state index in [9.17, 15) is 0 Å². The molecule has 0 bridgehead atoms. The van der Waals surface area contributed by atoms with Gasteiger partial charge in [0.25, 0.3) is 0 Å². The van der Waals surface area contributed by atoms with E-state index in [0.717, 1.165) is 5.69 Å². The second-order valence-corrected chi connectivity index (χ2v) is 3.14. The highest BCUT2D eigenvalue weighted by Crippen LogP contribution is 2.06. The Kier molecular flexibility index (Phi) is 5.00. The SMILES string of the molecule is CCOCC(C)Oc1cnc(CN)cn1. The summed E-state index contributed by atoms with van der Waals surface area (Å²) < 4.78 is 10.7. The van der Waals surface area contributed by atoms with Gasteiger partial charge >= 0.3 is 0 Å². The maximum atomic E-state index is 5.48. The molecule has 1 heterocycles. The molecule has 0 saturated carbocycles. The van der Waals surface area contributed by atoms with E-state index in [4.69, 9.17) is 15.2 Å². The highest BCUT2D eigenvalue weighted by molar-refractivity contribution is 5.07.